The molecule has 0 saturated carbocycles. The zero-order valence-corrected chi connectivity index (χ0v) is 13.5. The summed E-state index contributed by atoms with van der Waals surface area (Å²) in [6, 6.07) is 12.6. The number of benzene rings is 2. The van der Waals surface area contributed by atoms with E-state index in [9.17, 15) is 18.0 Å². The number of hydrogen-bond donors (Lipinski definition) is 0. The third-order valence-electron chi connectivity index (χ3n) is 2.58. The minimum atomic E-state index is -4.41. The molecule has 2 aromatic rings. The fourth-order valence-corrected chi connectivity index (χ4v) is 2.58. The monoisotopic (exact) mass is 390 g/mol. The molecule has 2 aromatic carbocycles. The molecule has 2 rings (SSSR count). The summed E-state index contributed by atoms with van der Waals surface area (Å²) in [5, 5.41) is -0.00170. The number of para-hydroxylation sites is 1. The molecule has 0 radical (unpaired) electrons. The van der Waals surface area contributed by atoms with Gasteiger partial charge in [0.2, 0.25) is 0 Å². The van der Waals surface area contributed by atoms with Gasteiger partial charge in [-0.2, -0.15) is 13.2 Å². The second-order valence-corrected chi connectivity index (χ2v) is 5.88. The van der Waals surface area contributed by atoms with Crippen molar-refractivity contribution in [1.29, 1.82) is 0 Å². The maximum Gasteiger partial charge on any atom is 0.446 e. The lowest BCUT2D eigenvalue weighted by molar-refractivity contribution is -0.0328. The molecule has 0 unspecified atom stereocenters. The van der Waals surface area contributed by atoms with E-state index in [2.05, 4.69) is 15.9 Å². The molecule has 0 bridgehead atoms. The van der Waals surface area contributed by atoms with E-state index >= 15 is 0 Å². The Morgan fingerprint density at radius 2 is 1.82 bits per heavy atom. The molecule has 2 nitrogen and oxygen atoms in total. The van der Waals surface area contributed by atoms with Crippen molar-refractivity contribution in [2.24, 2.45) is 0 Å². The normalized spacial score (nSPS) is 11.3. The largest absolute Gasteiger partial charge is 0.457 e. The summed E-state index contributed by atoms with van der Waals surface area (Å²) < 4.78 is 42.9. The Morgan fingerprint density at radius 1 is 1.14 bits per heavy atom. The van der Waals surface area contributed by atoms with Gasteiger partial charge in [0.1, 0.15) is 11.5 Å². The van der Waals surface area contributed by atoms with Crippen LogP contribution in [0, 0.1) is 0 Å². The molecule has 7 heteroatoms. The topological polar surface area (TPSA) is 26.3 Å². The predicted octanol–water partition coefficient (Wildman–Crippen LogP) is 5.67. The number of ketones is 1. The Bertz CT molecular complexity index is 660. The van der Waals surface area contributed by atoms with Gasteiger partial charge in [-0.25, -0.2) is 0 Å². The summed E-state index contributed by atoms with van der Waals surface area (Å²) in [6.07, 6.45) is 0. The van der Waals surface area contributed by atoms with Crippen LogP contribution in [0.4, 0.5) is 13.2 Å². The number of alkyl halides is 4. The van der Waals surface area contributed by atoms with Gasteiger partial charge < -0.3 is 4.74 Å². The third-order valence-corrected chi connectivity index (χ3v) is 3.81. The van der Waals surface area contributed by atoms with Crippen molar-refractivity contribution in [3.8, 4) is 11.5 Å². The average molecular weight is 391 g/mol. The van der Waals surface area contributed by atoms with Crippen LogP contribution in [0.1, 0.15) is 10.4 Å². The number of thioether (sulfide) groups is 1. The number of rotatable bonds is 5. The van der Waals surface area contributed by atoms with Crippen molar-refractivity contribution >= 4 is 33.5 Å². The summed E-state index contributed by atoms with van der Waals surface area (Å²) in [4.78, 5) is 11.9. The molecular weight excluding hydrogens is 381 g/mol. The Kier molecular flexibility index (Phi) is 5.52. The maximum atomic E-state index is 12.4. The Hall–Kier alpha value is -1.47. The first-order valence-electron chi connectivity index (χ1n) is 6.11. The smallest absolute Gasteiger partial charge is 0.446 e. The van der Waals surface area contributed by atoms with Crippen LogP contribution in [0.25, 0.3) is 0 Å². The molecule has 0 spiro atoms. The number of ether oxygens (including phenoxy) is 1. The first-order valence-corrected chi connectivity index (χ1v) is 8.05. The highest BCUT2D eigenvalue weighted by atomic mass is 79.9. The van der Waals surface area contributed by atoms with E-state index in [1.54, 1.807) is 30.3 Å². The van der Waals surface area contributed by atoms with Gasteiger partial charge in [0, 0.05) is 4.90 Å². The maximum absolute atomic E-state index is 12.4. The number of hydrogen-bond acceptors (Lipinski definition) is 3. The van der Waals surface area contributed by atoms with Crippen LogP contribution >= 0.6 is 27.7 Å². The lowest BCUT2D eigenvalue weighted by Crippen LogP contribution is -2.05. The van der Waals surface area contributed by atoms with E-state index in [0.717, 1.165) is 0 Å². The van der Waals surface area contributed by atoms with Crippen molar-refractivity contribution < 1.29 is 22.7 Å². The molecule has 22 heavy (non-hydrogen) atoms. The molecule has 0 atom stereocenters. The van der Waals surface area contributed by atoms with E-state index in [0.29, 0.717) is 5.75 Å². The Balaban J connectivity index is 2.34. The molecular formula is C15H10BrF3O2S. The highest BCUT2D eigenvalue weighted by Crippen LogP contribution is 2.39. The Morgan fingerprint density at radius 3 is 2.41 bits per heavy atom. The molecule has 116 valence electrons. The van der Waals surface area contributed by atoms with Gasteiger partial charge in [-0.1, -0.05) is 34.1 Å². The van der Waals surface area contributed by atoms with E-state index < -0.39 is 5.51 Å². The Labute approximate surface area is 137 Å². The highest BCUT2D eigenvalue weighted by molar-refractivity contribution is 9.09. The number of carbonyl (C=O) groups excluding carboxylic acids is 1. The quantitative estimate of drug-likeness (QED) is 0.373. The SMILES string of the molecule is O=C(CBr)c1cc(SC(F)(F)F)ccc1Oc1ccccc1. The minimum Gasteiger partial charge on any atom is -0.457 e. The molecule has 0 N–H and O–H groups in total. The van der Waals surface area contributed by atoms with Gasteiger partial charge >= 0.3 is 5.51 Å². The third kappa shape index (κ3) is 4.78. The first-order chi connectivity index (χ1) is 10.4. The van der Waals surface area contributed by atoms with Crippen LogP contribution < -0.4 is 4.74 Å². The summed E-state index contributed by atoms with van der Waals surface area (Å²) in [5.41, 5.74) is -4.30. The molecule has 0 aliphatic rings. The van der Waals surface area contributed by atoms with Gasteiger partial charge in [-0.3, -0.25) is 4.79 Å². The van der Waals surface area contributed by atoms with Gasteiger partial charge in [-0.15, -0.1) is 0 Å². The first kappa shape index (κ1) is 16.9. The molecule has 0 aliphatic heterocycles. The van der Waals surface area contributed by atoms with Crippen molar-refractivity contribution in [1.82, 2.24) is 0 Å². The standard InChI is InChI=1S/C15H10BrF3O2S/c16-9-13(20)12-8-11(22-15(17,18)19)6-7-14(12)21-10-4-2-1-3-5-10/h1-8H,9H2. The summed E-state index contributed by atoms with van der Waals surface area (Å²) in [7, 11) is 0. The lowest BCUT2D eigenvalue weighted by atomic mass is 10.1. The van der Waals surface area contributed by atoms with Gasteiger partial charge in [-0.05, 0) is 42.1 Å². The summed E-state index contributed by atoms with van der Waals surface area (Å²) in [5.74, 6) is 0.375. The molecule has 0 heterocycles. The zero-order valence-electron chi connectivity index (χ0n) is 11.1. The van der Waals surface area contributed by atoms with E-state index in [-0.39, 0.29) is 39.1 Å². The van der Waals surface area contributed by atoms with Crippen LogP contribution in [0.15, 0.2) is 53.4 Å². The second-order valence-electron chi connectivity index (χ2n) is 4.18. The van der Waals surface area contributed by atoms with E-state index in [1.165, 1.54) is 18.2 Å². The molecule has 0 amide bonds. The van der Waals surface area contributed by atoms with Gasteiger partial charge in [0.15, 0.2) is 5.78 Å². The molecule has 0 saturated heterocycles. The van der Waals surface area contributed by atoms with Crippen LogP contribution in [0.2, 0.25) is 0 Å². The summed E-state index contributed by atoms with van der Waals surface area (Å²) in [6.45, 7) is 0. The van der Waals surface area contributed by atoms with Gasteiger partial charge in [0.25, 0.3) is 0 Å². The molecule has 0 aromatic heterocycles. The average Bonchev–Trinajstić information content (AvgIpc) is 2.47. The summed E-state index contributed by atoms with van der Waals surface area (Å²) >= 11 is 2.76. The van der Waals surface area contributed by atoms with Crippen molar-refractivity contribution in [2.45, 2.75) is 10.4 Å². The number of Topliss-reactive ketones (excluding diaryl/α,β-unsaturated/α-hetero) is 1. The van der Waals surface area contributed by atoms with Crippen LogP contribution in [-0.2, 0) is 0 Å². The van der Waals surface area contributed by atoms with Crippen molar-refractivity contribution in [3.05, 3.63) is 54.1 Å². The highest BCUT2D eigenvalue weighted by Gasteiger charge is 2.30. The minimum absolute atomic E-state index is 0.00170. The second kappa shape index (κ2) is 7.19. The predicted molar refractivity (Wildman–Crippen MR) is 83.0 cm³/mol. The van der Waals surface area contributed by atoms with Crippen molar-refractivity contribution in [3.63, 3.8) is 0 Å². The number of carbonyl (C=O) groups is 1. The van der Waals surface area contributed by atoms with E-state index in [1.807, 2.05) is 0 Å². The van der Waals surface area contributed by atoms with Crippen LogP contribution in [0.3, 0.4) is 0 Å². The van der Waals surface area contributed by atoms with Crippen LogP contribution in [-0.4, -0.2) is 16.6 Å². The lowest BCUT2D eigenvalue weighted by Gasteiger charge is -2.12. The van der Waals surface area contributed by atoms with Crippen LogP contribution in [0.5, 0.6) is 11.5 Å². The van der Waals surface area contributed by atoms with E-state index in [4.69, 9.17) is 4.74 Å². The molecule has 0 aliphatic carbocycles. The zero-order chi connectivity index (χ0) is 16.2. The fourth-order valence-electron chi connectivity index (χ4n) is 1.70. The van der Waals surface area contributed by atoms with Gasteiger partial charge in [0.05, 0.1) is 10.9 Å². The number of halogens is 4. The fraction of sp³-hybridized carbons (Fsp3) is 0.133. The molecule has 0 fully saturated rings. The van der Waals surface area contributed by atoms with Crippen molar-refractivity contribution in [2.75, 3.05) is 5.33 Å².